The Morgan fingerprint density at radius 1 is 1.06 bits per heavy atom. The molecular formula is C15H22Cl2O. The largest absolute Gasteiger partial charge is 0.390 e. The molecule has 0 amide bonds. The van der Waals surface area contributed by atoms with Gasteiger partial charge < -0.3 is 5.11 Å². The average Bonchev–Trinajstić information content (AvgIpc) is 2.20. The number of rotatable bonds is 4. The lowest BCUT2D eigenvalue weighted by molar-refractivity contribution is 0.0396. The lowest BCUT2D eigenvalue weighted by atomic mass is 9.83. The van der Waals surface area contributed by atoms with Crippen LogP contribution in [0.2, 0.25) is 10.0 Å². The molecule has 0 saturated carbocycles. The molecule has 0 spiro atoms. The van der Waals surface area contributed by atoms with E-state index in [0.717, 1.165) is 18.4 Å². The van der Waals surface area contributed by atoms with Gasteiger partial charge in [-0.3, -0.25) is 0 Å². The molecule has 1 unspecified atom stereocenters. The fourth-order valence-electron chi connectivity index (χ4n) is 1.82. The summed E-state index contributed by atoms with van der Waals surface area (Å²) in [5.74, 6) is 0. The van der Waals surface area contributed by atoms with Gasteiger partial charge in [0.1, 0.15) is 0 Å². The second kappa shape index (κ2) is 5.81. The molecule has 1 rings (SSSR count). The molecule has 0 aliphatic carbocycles. The van der Waals surface area contributed by atoms with Crippen LogP contribution in [0.5, 0.6) is 0 Å². The second-order valence-corrected chi connectivity index (χ2v) is 7.31. The normalized spacial score (nSPS) is 15.5. The molecule has 0 radical (unpaired) electrons. The Morgan fingerprint density at radius 2 is 1.67 bits per heavy atom. The number of halogens is 2. The van der Waals surface area contributed by atoms with E-state index in [1.54, 1.807) is 12.1 Å². The van der Waals surface area contributed by atoms with Crippen molar-refractivity contribution < 1.29 is 5.11 Å². The summed E-state index contributed by atoms with van der Waals surface area (Å²) in [6, 6.07) is 5.37. The molecule has 1 N–H and O–H groups in total. The first-order valence-corrected chi connectivity index (χ1v) is 7.01. The third-order valence-corrected chi connectivity index (χ3v) is 3.60. The maximum atomic E-state index is 10.4. The van der Waals surface area contributed by atoms with Gasteiger partial charge in [-0.25, -0.2) is 0 Å². The van der Waals surface area contributed by atoms with Crippen LogP contribution in [0.1, 0.15) is 46.1 Å². The number of hydrogen-bond acceptors (Lipinski definition) is 1. The lowest BCUT2D eigenvalue weighted by Gasteiger charge is -2.28. The number of benzene rings is 1. The van der Waals surface area contributed by atoms with Crippen molar-refractivity contribution in [3.8, 4) is 0 Å². The Morgan fingerprint density at radius 3 is 2.22 bits per heavy atom. The van der Waals surface area contributed by atoms with E-state index >= 15 is 0 Å². The van der Waals surface area contributed by atoms with Gasteiger partial charge in [-0.15, -0.1) is 0 Å². The van der Waals surface area contributed by atoms with Crippen LogP contribution in [-0.2, 0) is 6.42 Å². The molecule has 1 nitrogen and oxygen atoms in total. The average molecular weight is 289 g/mol. The summed E-state index contributed by atoms with van der Waals surface area (Å²) in [5.41, 5.74) is 0.382. The molecule has 0 saturated heterocycles. The van der Waals surface area contributed by atoms with Gasteiger partial charge in [-0.1, -0.05) is 44.0 Å². The standard InChI is InChI=1S/C15H22Cl2O/c1-14(2,3)7-8-15(4,18)10-11-9-12(16)5-6-13(11)17/h5-6,9,18H,7-8,10H2,1-4H3. The van der Waals surface area contributed by atoms with Crippen molar-refractivity contribution in [1.29, 1.82) is 0 Å². The van der Waals surface area contributed by atoms with Gasteiger partial charge in [0.25, 0.3) is 0 Å². The third-order valence-electron chi connectivity index (χ3n) is 2.99. The molecule has 3 heteroatoms. The minimum Gasteiger partial charge on any atom is -0.390 e. The highest BCUT2D eigenvalue weighted by Crippen LogP contribution is 2.30. The van der Waals surface area contributed by atoms with Crippen molar-refractivity contribution >= 4 is 23.2 Å². The lowest BCUT2D eigenvalue weighted by Crippen LogP contribution is -2.29. The summed E-state index contributed by atoms with van der Waals surface area (Å²) in [5, 5.41) is 11.8. The maximum Gasteiger partial charge on any atom is 0.0660 e. The molecular weight excluding hydrogens is 267 g/mol. The minimum absolute atomic E-state index is 0.224. The molecule has 102 valence electrons. The number of hydrogen-bond donors (Lipinski definition) is 1. The van der Waals surface area contributed by atoms with Crippen molar-refractivity contribution in [3.63, 3.8) is 0 Å². The summed E-state index contributed by atoms with van der Waals surface area (Å²) in [6.45, 7) is 8.39. The molecule has 0 aromatic heterocycles. The Bertz CT molecular complexity index is 405. The van der Waals surface area contributed by atoms with E-state index in [2.05, 4.69) is 20.8 Å². The molecule has 18 heavy (non-hydrogen) atoms. The molecule has 0 aliphatic heterocycles. The van der Waals surface area contributed by atoms with Crippen LogP contribution in [0.4, 0.5) is 0 Å². The summed E-state index contributed by atoms with van der Waals surface area (Å²) in [6.07, 6.45) is 2.25. The smallest absolute Gasteiger partial charge is 0.0660 e. The van der Waals surface area contributed by atoms with E-state index < -0.39 is 5.60 Å². The van der Waals surface area contributed by atoms with Crippen molar-refractivity contribution in [2.24, 2.45) is 5.41 Å². The van der Waals surface area contributed by atoms with Crippen LogP contribution < -0.4 is 0 Å². The van der Waals surface area contributed by atoms with Crippen molar-refractivity contribution in [1.82, 2.24) is 0 Å². The zero-order valence-electron chi connectivity index (χ0n) is 11.6. The quantitative estimate of drug-likeness (QED) is 0.816. The van der Waals surface area contributed by atoms with E-state index in [9.17, 15) is 5.11 Å². The van der Waals surface area contributed by atoms with Crippen molar-refractivity contribution in [2.45, 2.75) is 52.6 Å². The summed E-state index contributed by atoms with van der Waals surface area (Å²) in [7, 11) is 0. The Balaban J connectivity index is 2.72. The van der Waals surface area contributed by atoms with Crippen LogP contribution >= 0.6 is 23.2 Å². The fourth-order valence-corrected chi connectivity index (χ4v) is 2.20. The molecule has 0 heterocycles. The van der Waals surface area contributed by atoms with Crippen LogP contribution in [0, 0.1) is 5.41 Å². The Hall–Kier alpha value is -0.240. The molecule has 1 aromatic carbocycles. The maximum absolute atomic E-state index is 10.4. The van der Waals surface area contributed by atoms with Gasteiger partial charge in [0.05, 0.1) is 5.60 Å². The first kappa shape index (κ1) is 15.8. The fraction of sp³-hybridized carbons (Fsp3) is 0.600. The van der Waals surface area contributed by atoms with Crippen LogP contribution in [-0.4, -0.2) is 10.7 Å². The zero-order chi connectivity index (χ0) is 14.0. The van der Waals surface area contributed by atoms with Gasteiger partial charge in [-0.05, 0) is 48.9 Å². The first-order valence-electron chi connectivity index (χ1n) is 6.25. The van der Waals surface area contributed by atoms with Crippen LogP contribution in [0.25, 0.3) is 0 Å². The predicted molar refractivity (Wildman–Crippen MR) is 79.5 cm³/mol. The second-order valence-electron chi connectivity index (χ2n) is 6.47. The molecule has 1 aromatic rings. The van der Waals surface area contributed by atoms with E-state index in [0.29, 0.717) is 16.5 Å². The molecule has 1 atom stereocenters. The highest BCUT2D eigenvalue weighted by molar-refractivity contribution is 6.33. The topological polar surface area (TPSA) is 20.2 Å². The van der Waals surface area contributed by atoms with Gasteiger partial charge in [0.2, 0.25) is 0 Å². The van der Waals surface area contributed by atoms with Gasteiger partial charge in [0, 0.05) is 16.5 Å². The van der Waals surface area contributed by atoms with E-state index in [1.807, 2.05) is 13.0 Å². The van der Waals surface area contributed by atoms with E-state index in [4.69, 9.17) is 23.2 Å². The molecule has 0 fully saturated rings. The first-order chi connectivity index (χ1) is 8.09. The Kier molecular flexibility index (Phi) is 5.11. The van der Waals surface area contributed by atoms with Gasteiger partial charge in [0.15, 0.2) is 0 Å². The van der Waals surface area contributed by atoms with Crippen molar-refractivity contribution in [2.75, 3.05) is 0 Å². The van der Waals surface area contributed by atoms with Gasteiger partial charge >= 0.3 is 0 Å². The highest BCUT2D eigenvalue weighted by Gasteiger charge is 2.24. The minimum atomic E-state index is -0.748. The van der Waals surface area contributed by atoms with E-state index in [-0.39, 0.29) is 5.41 Å². The molecule has 0 bridgehead atoms. The molecule has 0 aliphatic rings. The monoisotopic (exact) mass is 288 g/mol. The SMILES string of the molecule is CC(C)(C)CCC(C)(O)Cc1cc(Cl)ccc1Cl. The van der Waals surface area contributed by atoms with Crippen LogP contribution in [0.3, 0.4) is 0 Å². The number of aliphatic hydroxyl groups is 1. The summed E-state index contributed by atoms with van der Waals surface area (Å²) >= 11 is 12.1. The highest BCUT2D eigenvalue weighted by atomic mass is 35.5. The predicted octanol–water partition coefficient (Wildman–Crippen LogP) is 5.11. The van der Waals surface area contributed by atoms with Crippen molar-refractivity contribution in [3.05, 3.63) is 33.8 Å². The van der Waals surface area contributed by atoms with Gasteiger partial charge in [-0.2, -0.15) is 0 Å². The van der Waals surface area contributed by atoms with Crippen LogP contribution in [0.15, 0.2) is 18.2 Å². The zero-order valence-corrected chi connectivity index (χ0v) is 13.1. The van der Waals surface area contributed by atoms with E-state index in [1.165, 1.54) is 0 Å². The Labute approximate surface area is 120 Å². The summed E-state index contributed by atoms with van der Waals surface area (Å²) in [4.78, 5) is 0. The summed E-state index contributed by atoms with van der Waals surface area (Å²) < 4.78 is 0. The third kappa shape index (κ3) is 5.60.